The summed E-state index contributed by atoms with van der Waals surface area (Å²) in [6, 6.07) is 16.1. The van der Waals surface area contributed by atoms with Gasteiger partial charge in [-0.25, -0.2) is 4.39 Å². The second-order valence-corrected chi connectivity index (χ2v) is 4.52. The Balaban J connectivity index is 2.14. The molecule has 102 valence electrons. The summed E-state index contributed by atoms with van der Waals surface area (Å²) in [6.45, 7) is 2.54. The molecule has 0 aromatic heterocycles. The van der Waals surface area contributed by atoms with E-state index in [1.165, 1.54) is 12.1 Å². The van der Waals surface area contributed by atoms with Gasteiger partial charge < -0.3 is 4.74 Å². The van der Waals surface area contributed by atoms with Crippen LogP contribution in [0.1, 0.15) is 24.0 Å². The minimum absolute atomic E-state index is 0.272. The first-order valence-electron chi connectivity index (χ1n) is 6.59. The van der Waals surface area contributed by atoms with E-state index < -0.39 is 0 Å². The molecule has 0 bridgehead atoms. The fourth-order valence-corrected chi connectivity index (χ4v) is 2.10. The molecular weight excluding hydrogens is 253 g/mol. The van der Waals surface area contributed by atoms with Gasteiger partial charge in [0, 0.05) is 0 Å². The molecule has 20 heavy (non-hydrogen) atoms. The third kappa shape index (κ3) is 3.58. The zero-order valence-corrected chi connectivity index (χ0v) is 11.3. The lowest BCUT2D eigenvalue weighted by Gasteiger charge is -2.11. The van der Waals surface area contributed by atoms with E-state index in [9.17, 15) is 9.65 Å². The molecule has 0 fully saturated rings. The predicted octanol–water partition coefficient (Wildman–Crippen LogP) is 4.07. The highest BCUT2D eigenvalue weighted by Gasteiger charge is 2.12. The molecule has 0 aliphatic carbocycles. The minimum Gasteiger partial charge on any atom is -0.494 e. The van der Waals surface area contributed by atoms with Crippen LogP contribution in [-0.2, 0) is 6.42 Å². The largest absolute Gasteiger partial charge is 0.494 e. The molecule has 0 radical (unpaired) electrons. The van der Waals surface area contributed by atoms with Gasteiger partial charge in [-0.2, -0.15) is 5.26 Å². The summed E-state index contributed by atoms with van der Waals surface area (Å²) < 4.78 is 18.5. The summed E-state index contributed by atoms with van der Waals surface area (Å²) in [4.78, 5) is 0. The third-order valence-corrected chi connectivity index (χ3v) is 3.08. The SMILES string of the molecule is CCOc1ccc(C(C#N)Cc2cccc(F)c2)cc1. The van der Waals surface area contributed by atoms with E-state index in [-0.39, 0.29) is 11.7 Å². The number of nitriles is 1. The number of nitrogens with zero attached hydrogens (tertiary/aromatic N) is 1. The van der Waals surface area contributed by atoms with Crippen molar-refractivity contribution in [2.45, 2.75) is 19.3 Å². The number of benzene rings is 2. The van der Waals surface area contributed by atoms with Crippen LogP contribution in [0.3, 0.4) is 0 Å². The van der Waals surface area contributed by atoms with Crippen LogP contribution in [0.4, 0.5) is 4.39 Å². The molecule has 3 heteroatoms. The normalized spacial score (nSPS) is 11.7. The van der Waals surface area contributed by atoms with Gasteiger partial charge in [0.1, 0.15) is 11.6 Å². The Labute approximate surface area is 118 Å². The van der Waals surface area contributed by atoms with E-state index in [2.05, 4.69) is 6.07 Å². The highest BCUT2D eigenvalue weighted by molar-refractivity contribution is 5.34. The van der Waals surface area contributed by atoms with Crippen molar-refractivity contribution in [3.05, 3.63) is 65.5 Å². The van der Waals surface area contributed by atoms with Gasteiger partial charge in [-0.1, -0.05) is 24.3 Å². The number of rotatable bonds is 5. The van der Waals surface area contributed by atoms with Gasteiger partial charge >= 0.3 is 0 Å². The highest BCUT2D eigenvalue weighted by Crippen LogP contribution is 2.23. The Hall–Kier alpha value is -2.34. The standard InChI is InChI=1S/C17H16FNO/c1-2-20-17-8-6-14(7-9-17)15(12-19)10-13-4-3-5-16(18)11-13/h3-9,11,15H,2,10H2,1H3. The van der Waals surface area contributed by atoms with E-state index >= 15 is 0 Å². The second-order valence-electron chi connectivity index (χ2n) is 4.52. The lowest BCUT2D eigenvalue weighted by molar-refractivity contribution is 0.340. The first-order chi connectivity index (χ1) is 9.72. The average Bonchev–Trinajstić information content (AvgIpc) is 2.46. The van der Waals surface area contributed by atoms with Crippen molar-refractivity contribution in [2.24, 2.45) is 0 Å². The molecule has 2 rings (SSSR count). The van der Waals surface area contributed by atoms with Gasteiger partial charge in [-0.15, -0.1) is 0 Å². The molecule has 0 heterocycles. The average molecular weight is 269 g/mol. The van der Waals surface area contributed by atoms with Crippen molar-refractivity contribution >= 4 is 0 Å². The molecule has 0 amide bonds. The van der Waals surface area contributed by atoms with Crippen LogP contribution in [0.2, 0.25) is 0 Å². The molecule has 2 nitrogen and oxygen atoms in total. The van der Waals surface area contributed by atoms with Gasteiger partial charge in [-0.3, -0.25) is 0 Å². The van der Waals surface area contributed by atoms with E-state index in [0.717, 1.165) is 16.9 Å². The van der Waals surface area contributed by atoms with Crippen molar-refractivity contribution in [3.8, 4) is 11.8 Å². The lowest BCUT2D eigenvalue weighted by Crippen LogP contribution is -2.01. The molecule has 0 saturated carbocycles. The van der Waals surface area contributed by atoms with Crippen molar-refractivity contribution in [1.29, 1.82) is 5.26 Å². The van der Waals surface area contributed by atoms with Gasteiger partial charge in [-0.05, 0) is 48.7 Å². The molecule has 0 N–H and O–H groups in total. The summed E-state index contributed by atoms with van der Waals surface area (Å²) in [7, 11) is 0. The molecule has 0 aliphatic heterocycles. The fourth-order valence-electron chi connectivity index (χ4n) is 2.10. The molecule has 1 atom stereocenters. The first-order valence-corrected chi connectivity index (χ1v) is 6.59. The van der Waals surface area contributed by atoms with Crippen LogP contribution in [0.5, 0.6) is 5.75 Å². The number of hydrogen-bond donors (Lipinski definition) is 0. The number of ether oxygens (including phenoxy) is 1. The Morgan fingerprint density at radius 2 is 1.95 bits per heavy atom. The Kier molecular flexibility index (Phi) is 4.73. The van der Waals surface area contributed by atoms with Crippen LogP contribution >= 0.6 is 0 Å². The van der Waals surface area contributed by atoms with Crippen LogP contribution in [-0.4, -0.2) is 6.61 Å². The molecule has 2 aromatic carbocycles. The number of hydrogen-bond acceptors (Lipinski definition) is 2. The Morgan fingerprint density at radius 1 is 1.20 bits per heavy atom. The Morgan fingerprint density at radius 3 is 2.55 bits per heavy atom. The maximum atomic E-state index is 13.2. The van der Waals surface area contributed by atoms with E-state index in [4.69, 9.17) is 4.74 Å². The van der Waals surface area contributed by atoms with Gasteiger partial charge in [0.2, 0.25) is 0 Å². The van der Waals surface area contributed by atoms with Gasteiger partial charge in [0.25, 0.3) is 0 Å². The summed E-state index contributed by atoms with van der Waals surface area (Å²) in [5, 5.41) is 9.31. The van der Waals surface area contributed by atoms with Crippen molar-refractivity contribution in [2.75, 3.05) is 6.61 Å². The zero-order valence-electron chi connectivity index (χ0n) is 11.3. The van der Waals surface area contributed by atoms with Gasteiger partial charge in [0.15, 0.2) is 0 Å². The molecular formula is C17H16FNO. The van der Waals surface area contributed by atoms with Crippen molar-refractivity contribution in [1.82, 2.24) is 0 Å². The molecule has 2 aromatic rings. The van der Waals surface area contributed by atoms with Crippen LogP contribution in [0, 0.1) is 17.1 Å². The molecule has 0 aliphatic rings. The van der Waals surface area contributed by atoms with Crippen molar-refractivity contribution in [3.63, 3.8) is 0 Å². The predicted molar refractivity (Wildman–Crippen MR) is 76.1 cm³/mol. The molecule has 0 saturated heterocycles. The fraction of sp³-hybridized carbons (Fsp3) is 0.235. The topological polar surface area (TPSA) is 33.0 Å². The number of halogens is 1. The van der Waals surface area contributed by atoms with Crippen molar-refractivity contribution < 1.29 is 9.13 Å². The second kappa shape index (κ2) is 6.72. The van der Waals surface area contributed by atoms with Gasteiger partial charge in [0.05, 0.1) is 18.6 Å². The van der Waals surface area contributed by atoms with E-state index in [1.807, 2.05) is 37.3 Å². The third-order valence-electron chi connectivity index (χ3n) is 3.08. The summed E-state index contributed by atoms with van der Waals surface area (Å²) in [6.07, 6.45) is 0.502. The zero-order chi connectivity index (χ0) is 14.4. The Bertz CT molecular complexity index is 601. The minimum atomic E-state index is -0.285. The lowest BCUT2D eigenvalue weighted by atomic mass is 9.93. The smallest absolute Gasteiger partial charge is 0.123 e. The maximum Gasteiger partial charge on any atom is 0.123 e. The van der Waals surface area contributed by atoms with E-state index in [1.54, 1.807) is 6.07 Å². The summed E-state index contributed by atoms with van der Waals surface area (Å²) in [5.41, 5.74) is 1.74. The van der Waals surface area contributed by atoms with Crippen LogP contribution in [0.25, 0.3) is 0 Å². The highest BCUT2D eigenvalue weighted by atomic mass is 19.1. The molecule has 1 unspecified atom stereocenters. The summed E-state index contributed by atoms with van der Waals surface area (Å²) >= 11 is 0. The maximum absolute atomic E-state index is 13.2. The van der Waals surface area contributed by atoms with E-state index in [0.29, 0.717) is 13.0 Å². The summed E-state index contributed by atoms with van der Waals surface area (Å²) in [5.74, 6) is 0.233. The van der Waals surface area contributed by atoms with Crippen LogP contribution < -0.4 is 4.74 Å². The monoisotopic (exact) mass is 269 g/mol. The quantitative estimate of drug-likeness (QED) is 0.819. The molecule has 0 spiro atoms. The first kappa shape index (κ1) is 14.1. The van der Waals surface area contributed by atoms with Crippen LogP contribution in [0.15, 0.2) is 48.5 Å².